The first kappa shape index (κ1) is 21.7. The zero-order valence-electron chi connectivity index (χ0n) is 16.3. The van der Waals surface area contributed by atoms with Gasteiger partial charge in [0, 0.05) is 6.54 Å². The molecule has 0 aliphatic carbocycles. The highest BCUT2D eigenvalue weighted by Crippen LogP contribution is 2.25. The molecule has 1 aromatic heterocycles. The topological polar surface area (TPSA) is 97.4 Å². The molecule has 30 heavy (non-hydrogen) atoms. The zero-order valence-corrected chi connectivity index (χ0v) is 17.9. The van der Waals surface area contributed by atoms with E-state index in [4.69, 9.17) is 4.74 Å². The maximum absolute atomic E-state index is 13.0. The molecule has 0 fully saturated rings. The average molecular weight is 450 g/mol. The third kappa shape index (κ3) is 5.33. The van der Waals surface area contributed by atoms with E-state index in [1.807, 2.05) is 24.3 Å². The molecule has 7 nitrogen and oxygen atoms in total. The molecule has 1 amide bonds. The van der Waals surface area contributed by atoms with Gasteiger partial charge in [-0.1, -0.05) is 23.5 Å². The second-order valence-electron chi connectivity index (χ2n) is 6.35. The molecule has 0 aliphatic rings. The summed E-state index contributed by atoms with van der Waals surface area (Å²) in [7, 11) is -2.33. The molecule has 3 aromatic rings. The molecule has 1 heterocycles. The Bertz CT molecular complexity index is 1130. The number of hydrogen-bond donors (Lipinski definition) is 2. The van der Waals surface area contributed by atoms with Crippen LogP contribution in [0.3, 0.4) is 0 Å². The smallest absolute Gasteiger partial charge is 0.263 e. The predicted molar refractivity (Wildman–Crippen MR) is 113 cm³/mol. The van der Waals surface area contributed by atoms with Crippen LogP contribution in [0.15, 0.2) is 53.4 Å². The van der Waals surface area contributed by atoms with Crippen molar-refractivity contribution in [1.29, 1.82) is 0 Å². The van der Waals surface area contributed by atoms with E-state index < -0.39 is 15.8 Å². The van der Waals surface area contributed by atoms with E-state index in [0.29, 0.717) is 23.5 Å². The van der Waals surface area contributed by atoms with Crippen molar-refractivity contribution in [2.45, 2.75) is 18.2 Å². The first-order chi connectivity index (χ1) is 14.3. The van der Waals surface area contributed by atoms with Gasteiger partial charge in [0.1, 0.15) is 16.4 Å². The first-order valence-electron chi connectivity index (χ1n) is 8.95. The molecule has 158 valence electrons. The molecular weight excluding hydrogens is 429 g/mol. The predicted octanol–water partition coefficient (Wildman–Crippen LogP) is 3.37. The Morgan fingerprint density at radius 3 is 2.43 bits per heavy atom. The number of nitrogens with one attached hydrogen (secondary N) is 2. The number of carbonyl (C=O) groups is 1. The lowest BCUT2D eigenvalue weighted by Crippen LogP contribution is -2.25. The van der Waals surface area contributed by atoms with Crippen molar-refractivity contribution in [3.63, 3.8) is 0 Å². The SMILES string of the molecule is COc1ccc(CCNC(=O)c2sc(NS(=O)(=O)c3ccc(F)cc3)nc2C)cc1. The summed E-state index contributed by atoms with van der Waals surface area (Å²) < 4.78 is 45.3. The van der Waals surface area contributed by atoms with Crippen LogP contribution in [0.25, 0.3) is 0 Å². The number of thiazole rings is 1. The van der Waals surface area contributed by atoms with Gasteiger partial charge in [0.2, 0.25) is 0 Å². The molecule has 0 saturated heterocycles. The number of aromatic nitrogens is 1. The molecular formula is C20H20FN3O4S2. The molecule has 2 N–H and O–H groups in total. The second-order valence-corrected chi connectivity index (χ2v) is 9.03. The summed E-state index contributed by atoms with van der Waals surface area (Å²) in [6.45, 7) is 2.05. The van der Waals surface area contributed by atoms with Gasteiger partial charge in [-0.3, -0.25) is 9.52 Å². The lowest BCUT2D eigenvalue weighted by atomic mass is 10.1. The Kier molecular flexibility index (Phi) is 6.68. The number of nitrogens with zero attached hydrogens (tertiary/aromatic N) is 1. The van der Waals surface area contributed by atoms with Crippen molar-refractivity contribution in [2.24, 2.45) is 0 Å². The number of sulfonamides is 1. The summed E-state index contributed by atoms with van der Waals surface area (Å²) in [5.41, 5.74) is 1.46. The van der Waals surface area contributed by atoms with Gasteiger partial charge in [0.15, 0.2) is 5.13 Å². The van der Waals surface area contributed by atoms with E-state index in [9.17, 15) is 17.6 Å². The van der Waals surface area contributed by atoms with Gasteiger partial charge in [0.25, 0.3) is 15.9 Å². The fourth-order valence-corrected chi connectivity index (χ4v) is 4.75. The quantitative estimate of drug-likeness (QED) is 0.550. The third-order valence-corrected chi connectivity index (χ3v) is 6.76. The molecule has 0 saturated carbocycles. The number of carbonyl (C=O) groups excluding carboxylic acids is 1. The van der Waals surface area contributed by atoms with Crippen molar-refractivity contribution >= 4 is 32.4 Å². The van der Waals surface area contributed by atoms with Crippen LogP contribution in [0.1, 0.15) is 20.9 Å². The number of benzene rings is 2. The van der Waals surface area contributed by atoms with Gasteiger partial charge in [-0.2, -0.15) is 0 Å². The molecule has 0 atom stereocenters. The van der Waals surface area contributed by atoms with Crippen LogP contribution in [-0.2, 0) is 16.4 Å². The number of ether oxygens (including phenoxy) is 1. The maximum atomic E-state index is 13.0. The lowest BCUT2D eigenvalue weighted by molar-refractivity contribution is 0.0957. The average Bonchev–Trinajstić information content (AvgIpc) is 3.08. The van der Waals surface area contributed by atoms with E-state index in [0.717, 1.165) is 46.9 Å². The minimum atomic E-state index is -3.93. The van der Waals surface area contributed by atoms with Crippen molar-refractivity contribution in [3.8, 4) is 5.75 Å². The van der Waals surface area contributed by atoms with Crippen LogP contribution >= 0.6 is 11.3 Å². The van der Waals surface area contributed by atoms with Crippen molar-refractivity contribution in [3.05, 3.63) is 70.5 Å². The highest BCUT2D eigenvalue weighted by Gasteiger charge is 2.20. The number of anilines is 1. The number of aryl methyl sites for hydroxylation is 1. The zero-order chi connectivity index (χ0) is 21.7. The van der Waals surface area contributed by atoms with Gasteiger partial charge < -0.3 is 10.1 Å². The molecule has 0 spiro atoms. The number of rotatable bonds is 8. The van der Waals surface area contributed by atoms with Gasteiger partial charge in [-0.05, 0) is 55.3 Å². The summed E-state index contributed by atoms with van der Waals surface area (Å²) in [6.07, 6.45) is 0.637. The Labute approximate surface area is 178 Å². The van der Waals surface area contributed by atoms with E-state index in [1.54, 1.807) is 14.0 Å². The Balaban J connectivity index is 1.61. The standard InChI is InChI=1S/C20H20FN3O4S2/c1-13-18(19(25)22-12-11-14-3-7-16(28-2)8-4-14)29-20(23-13)24-30(26,27)17-9-5-15(21)6-10-17/h3-10H,11-12H2,1-2H3,(H,22,25)(H,23,24). The first-order valence-corrected chi connectivity index (χ1v) is 11.3. The summed E-state index contributed by atoms with van der Waals surface area (Å²) in [5, 5.41) is 2.88. The minimum absolute atomic E-state index is 0.0668. The number of methoxy groups -OCH3 is 1. The van der Waals surface area contributed by atoms with Crippen LogP contribution in [0, 0.1) is 12.7 Å². The Hall–Kier alpha value is -2.98. The highest BCUT2D eigenvalue weighted by molar-refractivity contribution is 7.93. The van der Waals surface area contributed by atoms with E-state index in [2.05, 4.69) is 15.0 Å². The van der Waals surface area contributed by atoms with Crippen LogP contribution in [0.4, 0.5) is 9.52 Å². The van der Waals surface area contributed by atoms with Gasteiger partial charge in [-0.25, -0.2) is 17.8 Å². The van der Waals surface area contributed by atoms with Crippen molar-refractivity contribution in [2.75, 3.05) is 18.4 Å². The molecule has 2 aromatic carbocycles. The molecule has 3 rings (SSSR count). The number of halogens is 1. The molecule has 0 aliphatic heterocycles. The van der Waals surface area contributed by atoms with Crippen molar-refractivity contribution in [1.82, 2.24) is 10.3 Å². The summed E-state index contributed by atoms with van der Waals surface area (Å²) in [6, 6.07) is 12.0. The Morgan fingerprint density at radius 2 is 1.80 bits per heavy atom. The van der Waals surface area contributed by atoms with Gasteiger partial charge >= 0.3 is 0 Å². The number of amides is 1. The van der Waals surface area contributed by atoms with Crippen LogP contribution in [0.5, 0.6) is 5.75 Å². The van der Waals surface area contributed by atoms with Crippen molar-refractivity contribution < 1.29 is 22.3 Å². The summed E-state index contributed by atoms with van der Waals surface area (Å²) >= 11 is 0.939. The third-order valence-electron chi connectivity index (χ3n) is 4.21. The highest BCUT2D eigenvalue weighted by atomic mass is 32.2. The van der Waals surface area contributed by atoms with Crippen LogP contribution < -0.4 is 14.8 Å². The monoisotopic (exact) mass is 449 g/mol. The molecule has 0 bridgehead atoms. The summed E-state index contributed by atoms with van der Waals surface area (Å²) in [4.78, 5) is 16.8. The van der Waals surface area contributed by atoms with E-state index in [1.165, 1.54) is 0 Å². The Morgan fingerprint density at radius 1 is 1.13 bits per heavy atom. The van der Waals surface area contributed by atoms with E-state index in [-0.39, 0.29) is 15.9 Å². The van der Waals surface area contributed by atoms with E-state index >= 15 is 0 Å². The number of hydrogen-bond acceptors (Lipinski definition) is 6. The molecule has 0 unspecified atom stereocenters. The van der Waals surface area contributed by atoms with Crippen LogP contribution in [-0.4, -0.2) is 33.0 Å². The molecule has 10 heteroatoms. The van der Waals surface area contributed by atoms with Gasteiger partial charge in [0.05, 0.1) is 17.7 Å². The van der Waals surface area contributed by atoms with Gasteiger partial charge in [-0.15, -0.1) is 0 Å². The largest absolute Gasteiger partial charge is 0.497 e. The lowest BCUT2D eigenvalue weighted by Gasteiger charge is -2.06. The van der Waals surface area contributed by atoms with Crippen LogP contribution in [0.2, 0.25) is 0 Å². The fourth-order valence-electron chi connectivity index (χ4n) is 2.63. The second kappa shape index (κ2) is 9.23. The molecule has 0 radical (unpaired) electrons. The fraction of sp³-hybridized carbons (Fsp3) is 0.200. The summed E-state index contributed by atoms with van der Waals surface area (Å²) in [5.74, 6) is -0.0999. The minimum Gasteiger partial charge on any atom is -0.497 e. The maximum Gasteiger partial charge on any atom is 0.263 e. The normalized spacial score (nSPS) is 11.2.